The lowest BCUT2D eigenvalue weighted by molar-refractivity contribution is 0.117. The maximum Gasteiger partial charge on any atom is 0.494 e. The molecule has 0 aliphatic carbocycles. The second kappa shape index (κ2) is 7.68. The molecule has 0 amide bonds. The highest BCUT2D eigenvalue weighted by Gasteiger charge is 2.28. The van der Waals surface area contributed by atoms with Gasteiger partial charge in [0.2, 0.25) is 0 Å². The van der Waals surface area contributed by atoms with E-state index in [-0.39, 0.29) is 25.4 Å². The predicted octanol–water partition coefficient (Wildman–Crippen LogP) is 2.94. The van der Waals surface area contributed by atoms with Gasteiger partial charge in [-0.15, -0.1) is 0 Å². The zero-order valence-corrected chi connectivity index (χ0v) is 12.8. The van der Waals surface area contributed by atoms with E-state index in [1.165, 1.54) is 0 Å². The van der Waals surface area contributed by atoms with Gasteiger partial charge in [-0.3, -0.25) is 0 Å². The van der Waals surface area contributed by atoms with Crippen molar-refractivity contribution >= 4 is 12.6 Å². The molecule has 0 aliphatic rings. The van der Waals surface area contributed by atoms with E-state index in [0.717, 1.165) is 11.0 Å². The van der Waals surface area contributed by atoms with E-state index < -0.39 is 0 Å². The molecule has 0 bridgehead atoms. The molecule has 4 heteroatoms. The maximum absolute atomic E-state index is 5.90. The second-order valence-corrected chi connectivity index (χ2v) is 5.21. The lowest BCUT2D eigenvalue weighted by atomic mass is 9.74. The lowest BCUT2D eigenvalue weighted by Gasteiger charge is -2.23. The van der Waals surface area contributed by atoms with Crippen LogP contribution in [0.1, 0.15) is 46.3 Å². The van der Waals surface area contributed by atoms with Crippen LogP contribution in [0.5, 0.6) is 0 Å². The summed E-state index contributed by atoms with van der Waals surface area (Å²) in [4.78, 5) is 0. The first-order valence-corrected chi connectivity index (χ1v) is 6.88. The van der Waals surface area contributed by atoms with Gasteiger partial charge in [0.25, 0.3) is 0 Å². The van der Waals surface area contributed by atoms with Crippen LogP contribution < -0.4 is 5.46 Å². The fourth-order valence-corrected chi connectivity index (χ4v) is 1.90. The molecule has 1 aromatic carbocycles. The van der Waals surface area contributed by atoms with Crippen LogP contribution in [-0.2, 0) is 14.0 Å². The summed E-state index contributed by atoms with van der Waals surface area (Å²) in [5.41, 5.74) is 2.15. The van der Waals surface area contributed by atoms with Crippen molar-refractivity contribution in [1.29, 1.82) is 0 Å². The molecule has 0 radical (unpaired) electrons. The molecule has 1 aromatic rings. The first-order valence-electron chi connectivity index (χ1n) is 6.88. The average Bonchev–Trinajstić information content (AvgIpc) is 2.36. The first kappa shape index (κ1) is 16.2. The van der Waals surface area contributed by atoms with Crippen LogP contribution >= 0.6 is 0 Å². The zero-order chi connectivity index (χ0) is 14.4. The molecule has 3 nitrogen and oxygen atoms in total. The molecule has 0 fully saturated rings. The Balaban J connectivity index is 3.06. The Morgan fingerprint density at radius 1 is 0.895 bits per heavy atom. The molecule has 0 unspecified atom stereocenters. The highest BCUT2D eigenvalue weighted by Crippen LogP contribution is 2.15. The van der Waals surface area contributed by atoms with Gasteiger partial charge in [-0.25, -0.2) is 0 Å². The van der Waals surface area contributed by atoms with Crippen LogP contribution in [0.2, 0.25) is 0 Å². The van der Waals surface area contributed by atoms with Gasteiger partial charge in [0, 0.05) is 19.3 Å². The Morgan fingerprint density at radius 2 is 1.42 bits per heavy atom. The van der Waals surface area contributed by atoms with Crippen molar-refractivity contribution in [1.82, 2.24) is 0 Å². The van der Waals surface area contributed by atoms with Gasteiger partial charge in [-0.05, 0) is 45.6 Å². The summed E-state index contributed by atoms with van der Waals surface area (Å²) in [5.74, 6) is 0. The van der Waals surface area contributed by atoms with Gasteiger partial charge in [0.1, 0.15) is 0 Å². The number of hydrogen-bond acceptors (Lipinski definition) is 3. The standard InChI is InChI=1S/C15H25BO3/c1-11(2)18-16(19-12(3)4)15-10-8-7-9-14(15)13(5)17-6/h7-13H,1-6H3/t13-/m0/s1. The van der Waals surface area contributed by atoms with Crippen LogP contribution in [0.3, 0.4) is 0 Å². The minimum Gasteiger partial charge on any atom is -0.405 e. The minimum absolute atomic E-state index is 0.0187. The minimum atomic E-state index is -0.353. The smallest absolute Gasteiger partial charge is 0.405 e. The Hall–Kier alpha value is -0.835. The maximum atomic E-state index is 5.90. The zero-order valence-electron chi connectivity index (χ0n) is 12.8. The largest absolute Gasteiger partial charge is 0.494 e. The molecule has 0 aliphatic heterocycles. The third kappa shape index (κ3) is 4.98. The lowest BCUT2D eigenvalue weighted by Crippen LogP contribution is -2.43. The van der Waals surface area contributed by atoms with Crippen molar-refractivity contribution in [2.24, 2.45) is 0 Å². The van der Waals surface area contributed by atoms with Gasteiger partial charge in [0.15, 0.2) is 0 Å². The van der Waals surface area contributed by atoms with E-state index in [1.807, 2.05) is 52.8 Å². The van der Waals surface area contributed by atoms with Gasteiger partial charge in [0.05, 0.1) is 6.10 Å². The third-order valence-electron chi connectivity index (χ3n) is 2.83. The molecule has 0 saturated heterocycles. The quantitative estimate of drug-likeness (QED) is 0.709. The van der Waals surface area contributed by atoms with Crippen LogP contribution in [0, 0.1) is 0 Å². The highest BCUT2D eigenvalue weighted by molar-refractivity contribution is 6.62. The number of ether oxygens (including phenoxy) is 1. The molecule has 1 rings (SSSR count). The Kier molecular flexibility index (Phi) is 6.56. The van der Waals surface area contributed by atoms with Gasteiger partial charge >= 0.3 is 7.12 Å². The molecule has 0 aromatic heterocycles. The number of hydrogen-bond donors (Lipinski definition) is 0. The molecule has 0 N–H and O–H groups in total. The number of methoxy groups -OCH3 is 1. The molecular formula is C15H25BO3. The summed E-state index contributed by atoms with van der Waals surface area (Å²) in [6, 6.07) is 8.11. The Morgan fingerprint density at radius 3 is 1.89 bits per heavy atom. The topological polar surface area (TPSA) is 27.7 Å². The van der Waals surface area contributed by atoms with Crippen LogP contribution in [0.25, 0.3) is 0 Å². The van der Waals surface area contributed by atoms with Crippen molar-refractivity contribution in [2.45, 2.75) is 52.9 Å². The summed E-state index contributed by atoms with van der Waals surface area (Å²) in [7, 11) is 1.36. The summed E-state index contributed by atoms with van der Waals surface area (Å²) in [6.07, 6.45) is 0.231. The summed E-state index contributed by atoms with van der Waals surface area (Å²) in [6.45, 7) is 10.1. The van der Waals surface area contributed by atoms with Crippen molar-refractivity contribution < 1.29 is 14.0 Å². The van der Waals surface area contributed by atoms with Crippen molar-refractivity contribution in [3.63, 3.8) is 0 Å². The van der Waals surface area contributed by atoms with Crippen molar-refractivity contribution in [2.75, 3.05) is 7.11 Å². The van der Waals surface area contributed by atoms with E-state index >= 15 is 0 Å². The van der Waals surface area contributed by atoms with E-state index in [4.69, 9.17) is 14.0 Å². The van der Waals surface area contributed by atoms with E-state index in [1.54, 1.807) is 7.11 Å². The Labute approximate surface area is 117 Å². The number of benzene rings is 1. The van der Waals surface area contributed by atoms with Gasteiger partial charge < -0.3 is 14.0 Å². The molecular weight excluding hydrogens is 239 g/mol. The van der Waals surface area contributed by atoms with Crippen molar-refractivity contribution in [3.8, 4) is 0 Å². The van der Waals surface area contributed by atoms with E-state index in [9.17, 15) is 0 Å². The third-order valence-corrected chi connectivity index (χ3v) is 2.83. The normalized spacial score (nSPS) is 13.1. The predicted molar refractivity (Wildman–Crippen MR) is 79.7 cm³/mol. The SMILES string of the molecule is CO[C@@H](C)c1ccccc1B(OC(C)C)OC(C)C. The van der Waals surface area contributed by atoms with Crippen LogP contribution in [0.15, 0.2) is 24.3 Å². The molecule has 106 valence electrons. The van der Waals surface area contributed by atoms with Crippen molar-refractivity contribution in [3.05, 3.63) is 29.8 Å². The summed E-state index contributed by atoms with van der Waals surface area (Å²) in [5, 5.41) is 0. The van der Waals surface area contributed by atoms with E-state index in [2.05, 4.69) is 6.07 Å². The van der Waals surface area contributed by atoms with Gasteiger partial charge in [-0.1, -0.05) is 24.3 Å². The monoisotopic (exact) mass is 264 g/mol. The van der Waals surface area contributed by atoms with Crippen LogP contribution in [-0.4, -0.2) is 26.4 Å². The molecule has 1 atom stereocenters. The second-order valence-electron chi connectivity index (χ2n) is 5.21. The fraction of sp³-hybridized carbons (Fsp3) is 0.600. The average molecular weight is 264 g/mol. The molecule has 0 heterocycles. The van der Waals surface area contributed by atoms with Gasteiger partial charge in [-0.2, -0.15) is 0 Å². The Bertz CT molecular complexity index is 369. The molecule has 19 heavy (non-hydrogen) atoms. The highest BCUT2D eigenvalue weighted by atomic mass is 16.6. The number of rotatable bonds is 7. The fourth-order valence-electron chi connectivity index (χ4n) is 1.90. The van der Waals surface area contributed by atoms with E-state index in [0.29, 0.717) is 0 Å². The van der Waals surface area contributed by atoms with Crippen LogP contribution in [0.4, 0.5) is 0 Å². The summed E-state index contributed by atoms with van der Waals surface area (Å²) >= 11 is 0. The molecule has 0 saturated carbocycles. The molecule has 0 spiro atoms. The summed E-state index contributed by atoms with van der Waals surface area (Å²) < 4.78 is 17.2. The first-order chi connectivity index (χ1) is 8.95.